The highest BCUT2D eigenvalue weighted by atomic mass is 79.9. The number of nitrogens with one attached hydrogen (secondary N) is 1. The average Bonchev–Trinajstić information content (AvgIpc) is 2.92. The summed E-state index contributed by atoms with van der Waals surface area (Å²) in [5.41, 5.74) is 1.56. The molecule has 1 unspecified atom stereocenters. The van der Waals surface area contributed by atoms with Gasteiger partial charge in [-0.3, -0.25) is 0 Å². The van der Waals surface area contributed by atoms with Gasteiger partial charge < -0.3 is 5.32 Å². The zero-order valence-electron chi connectivity index (χ0n) is 13.0. The molecule has 0 aliphatic heterocycles. The molecule has 0 aliphatic carbocycles. The van der Waals surface area contributed by atoms with E-state index in [2.05, 4.69) is 83.8 Å². The second-order valence-electron chi connectivity index (χ2n) is 6.47. The molecule has 0 saturated carbocycles. The lowest BCUT2D eigenvalue weighted by Crippen LogP contribution is -2.38. The maximum Gasteiger partial charge on any atom is 0.0210 e. The van der Waals surface area contributed by atoms with E-state index in [1.807, 2.05) is 11.3 Å². The molecule has 1 heterocycles. The van der Waals surface area contributed by atoms with Crippen LogP contribution >= 0.6 is 27.3 Å². The summed E-state index contributed by atoms with van der Waals surface area (Å²) in [4.78, 5) is 1.47. The number of rotatable bonds is 6. The lowest BCUT2D eigenvalue weighted by atomic mass is 9.92. The summed E-state index contributed by atoms with van der Waals surface area (Å²) in [7, 11) is 0. The largest absolute Gasteiger partial charge is 0.311 e. The highest BCUT2D eigenvalue weighted by Gasteiger charge is 2.18. The van der Waals surface area contributed by atoms with E-state index in [-0.39, 0.29) is 5.54 Å². The van der Waals surface area contributed by atoms with Gasteiger partial charge in [-0.05, 0) is 62.6 Å². The number of halogens is 1. The first-order chi connectivity index (χ1) is 9.96. The molecule has 0 spiro atoms. The first-order valence-electron chi connectivity index (χ1n) is 7.47. The lowest BCUT2D eigenvalue weighted by molar-refractivity contribution is 0.399. The number of hydrogen-bond acceptors (Lipinski definition) is 2. The first-order valence-corrected chi connectivity index (χ1v) is 9.15. The third kappa shape index (κ3) is 5.57. The van der Waals surface area contributed by atoms with Crippen LogP contribution < -0.4 is 5.32 Å². The van der Waals surface area contributed by atoms with E-state index in [1.165, 1.54) is 21.3 Å². The molecule has 2 rings (SSSR count). The molecule has 1 N–H and O–H groups in total. The van der Waals surface area contributed by atoms with Crippen molar-refractivity contribution in [1.29, 1.82) is 0 Å². The van der Waals surface area contributed by atoms with Crippen LogP contribution in [-0.4, -0.2) is 12.1 Å². The Morgan fingerprint density at radius 1 is 1.14 bits per heavy atom. The first kappa shape index (κ1) is 16.7. The molecular formula is C18H24BrNS. The standard InChI is InChI=1S/C18H24BrNS/c1-18(2,3)20-13-14(10-11-15-7-6-12-21-15)16-8-4-5-9-17(16)19/h4-9,12,14,20H,10-11,13H2,1-3H3. The molecule has 0 fully saturated rings. The summed E-state index contributed by atoms with van der Waals surface area (Å²) < 4.78 is 1.22. The summed E-state index contributed by atoms with van der Waals surface area (Å²) in [6.07, 6.45) is 2.32. The molecule has 0 saturated heterocycles. The van der Waals surface area contributed by atoms with Gasteiger partial charge >= 0.3 is 0 Å². The number of benzene rings is 1. The van der Waals surface area contributed by atoms with E-state index in [1.54, 1.807) is 0 Å². The molecular weight excluding hydrogens is 342 g/mol. The van der Waals surface area contributed by atoms with Gasteiger partial charge in [0.15, 0.2) is 0 Å². The van der Waals surface area contributed by atoms with Crippen molar-refractivity contribution in [2.45, 2.75) is 45.1 Å². The van der Waals surface area contributed by atoms with Crippen LogP contribution in [0, 0.1) is 0 Å². The summed E-state index contributed by atoms with van der Waals surface area (Å²) in [5.74, 6) is 0.530. The average molecular weight is 366 g/mol. The van der Waals surface area contributed by atoms with E-state index >= 15 is 0 Å². The zero-order chi connectivity index (χ0) is 15.3. The van der Waals surface area contributed by atoms with E-state index in [0.717, 1.165) is 13.0 Å². The number of thiophene rings is 1. The molecule has 114 valence electrons. The quantitative estimate of drug-likeness (QED) is 0.700. The minimum absolute atomic E-state index is 0.155. The fraction of sp³-hybridized carbons (Fsp3) is 0.444. The Bertz CT molecular complexity index is 543. The molecule has 0 bridgehead atoms. The third-order valence-electron chi connectivity index (χ3n) is 3.54. The zero-order valence-corrected chi connectivity index (χ0v) is 15.4. The van der Waals surface area contributed by atoms with Gasteiger partial charge in [0.2, 0.25) is 0 Å². The molecule has 21 heavy (non-hydrogen) atoms. The minimum Gasteiger partial charge on any atom is -0.311 e. The van der Waals surface area contributed by atoms with Crippen LogP contribution in [-0.2, 0) is 6.42 Å². The van der Waals surface area contributed by atoms with Crippen molar-refractivity contribution in [2.75, 3.05) is 6.54 Å². The van der Waals surface area contributed by atoms with Gasteiger partial charge in [-0.1, -0.05) is 40.2 Å². The maximum atomic E-state index is 3.71. The Kier molecular flexibility index (Phi) is 6.03. The molecule has 0 aliphatic rings. The van der Waals surface area contributed by atoms with Crippen molar-refractivity contribution in [1.82, 2.24) is 5.32 Å². The summed E-state index contributed by atoms with van der Waals surface area (Å²) in [6, 6.07) is 13.0. The Hall–Kier alpha value is -0.640. The number of aryl methyl sites for hydroxylation is 1. The Balaban J connectivity index is 2.08. The molecule has 3 heteroatoms. The van der Waals surface area contributed by atoms with Gasteiger partial charge in [0.25, 0.3) is 0 Å². The Labute approximate surface area is 140 Å². The predicted molar refractivity (Wildman–Crippen MR) is 97.3 cm³/mol. The van der Waals surface area contributed by atoms with Gasteiger partial charge in [-0.25, -0.2) is 0 Å². The van der Waals surface area contributed by atoms with Gasteiger partial charge in [0, 0.05) is 21.4 Å². The molecule has 1 aromatic carbocycles. The van der Waals surface area contributed by atoms with Gasteiger partial charge in [0.05, 0.1) is 0 Å². The van der Waals surface area contributed by atoms with Crippen molar-refractivity contribution >= 4 is 27.3 Å². The van der Waals surface area contributed by atoms with Crippen molar-refractivity contribution < 1.29 is 0 Å². The predicted octanol–water partition coefficient (Wildman–Crippen LogP) is 5.62. The minimum atomic E-state index is 0.155. The smallest absolute Gasteiger partial charge is 0.0210 e. The second-order valence-corrected chi connectivity index (χ2v) is 8.35. The second kappa shape index (κ2) is 7.57. The monoisotopic (exact) mass is 365 g/mol. The fourth-order valence-corrected chi connectivity index (χ4v) is 3.71. The van der Waals surface area contributed by atoms with E-state index in [9.17, 15) is 0 Å². The summed E-state index contributed by atoms with van der Waals surface area (Å²) >= 11 is 5.57. The van der Waals surface area contributed by atoms with Crippen molar-refractivity contribution in [3.63, 3.8) is 0 Å². The van der Waals surface area contributed by atoms with Gasteiger partial charge in [-0.2, -0.15) is 0 Å². The topological polar surface area (TPSA) is 12.0 Å². The molecule has 1 aromatic heterocycles. The van der Waals surface area contributed by atoms with Crippen LogP contribution in [0.5, 0.6) is 0 Å². The van der Waals surface area contributed by atoms with Crippen molar-refractivity contribution in [3.05, 3.63) is 56.7 Å². The van der Waals surface area contributed by atoms with E-state index in [4.69, 9.17) is 0 Å². The maximum absolute atomic E-state index is 3.71. The van der Waals surface area contributed by atoms with Crippen molar-refractivity contribution in [3.8, 4) is 0 Å². The lowest BCUT2D eigenvalue weighted by Gasteiger charge is -2.26. The Morgan fingerprint density at radius 3 is 2.52 bits per heavy atom. The summed E-state index contributed by atoms with van der Waals surface area (Å²) in [6.45, 7) is 7.69. The highest BCUT2D eigenvalue weighted by molar-refractivity contribution is 9.10. The highest BCUT2D eigenvalue weighted by Crippen LogP contribution is 2.29. The van der Waals surface area contributed by atoms with Crippen LogP contribution in [0.1, 0.15) is 43.6 Å². The molecule has 1 atom stereocenters. The van der Waals surface area contributed by atoms with Gasteiger partial charge in [-0.15, -0.1) is 11.3 Å². The summed E-state index contributed by atoms with van der Waals surface area (Å²) in [5, 5.41) is 5.82. The number of hydrogen-bond donors (Lipinski definition) is 1. The molecule has 0 amide bonds. The molecule has 2 aromatic rings. The molecule has 1 nitrogen and oxygen atoms in total. The Morgan fingerprint density at radius 2 is 1.90 bits per heavy atom. The SMILES string of the molecule is CC(C)(C)NCC(CCc1cccs1)c1ccccc1Br. The fourth-order valence-electron chi connectivity index (χ4n) is 2.37. The van der Waals surface area contributed by atoms with Crippen LogP contribution in [0.2, 0.25) is 0 Å². The normalized spacial score (nSPS) is 13.3. The van der Waals surface area contributed by atoms with Crippen LogP contribution in [0.4, 0.5) is 0 Å². The van der Waals surface area contributed by atoms with E-state index < -0.39 is 0 Å². The van der Waals surface area contributed by atoms with E-state index in [0.29, 0.717) is 5.92 Å². The van der Waals surface area contributed by atoms with Crippen LogP contribution in [0.25, 0.3) is 0 Å². The molecule has 0 radical (unpaired) electrons. The third-order valence-corrected chi connectivity index (χ3v) is 5.20. The van der Waals surface area contributed by atoms with Crippen molar-refractivity contribution in [2.24, 2.45) is 0 Å². The van der Waals surface area contributed by atoms with Crippen LogP contribution in [0.15, 0.2) is 46.3 Å². The van der Waals surface area contributed by atoms with Crippen LogP contribution in [0.3, 0.4) is 0 Å². The van der Waals surface area contributed by atoms with Gasteiger partial charge in [0.1, 0.15) is 0 Å².